The van der Waals surface area contributed by atoms with Crippen molar-refractivity contribution < 1.29 is 4.74 Å². The first kappa shape index (κ1) is 14.4. The first-order valence-corrected chi connectivity index (χ1v) is 7.14. The van der Waals surface area contributed by atoms with Gasteiger partial charge in [-0.2, -0.15) is 0 Å². The van der Waals surface area contributed by atoms with Crippen LogP contribution in [0, 0.1) is 12.8 Å². The van der Waals surface area contributed by atoms with E-state index >= 15 is 0 Å². The second-order valence-electron chi connectivity index (χ2n) is 5.75. The molecule has 0 aliphatic heterocycles. The first-order chi connectivity index (χ1) is 9.09. The Kier molecular flexibility index (Phi) is 4.53. The van der Waals surface area contributed by atoms with Crippen molar-refractivity contribution in [3.8, 4) is 0 Å². The quantitative estimate of drug-likeness (QED) is 0.907. The summed E-state index contributed by atoms with van der Waals surface area (Å²) in [6.07, 6.45) is 4.51. The maximum Gasteiger partial charge on any atom is 0.160 e. The van der Waals surface area contributed by atoms with E-state index in [0.717, 1.165) is 36.6 Å². The largest absolute Gasteiger partial charge is 0.370 e. The van der Waals surface area contributed by atoms with Gasteiger partial charge in [0, 0.05) is 19.3 Å². The van der Waals surface area contributed by atoms with Gasteiger partial charge in [-0.15, -0.1) is 0 Å². The van der Waals surface area contributed by atoms with Gasteiger partial charge in [0.1, 0.15) is 5.60 Å². The number of rotatable bonds is 4. The predicted octanol–water partition coefficient (Wildman–Crippen LogP) is 2.56. The van der Waals surface area contributed by atoms with Gasteiger partial charge in [-0.1, -0.05) is 13.3 Å². The second kappa shape index (κ2) is 5.97. The smallest absolute Gasteiger partial charge is 0.160 e. The minimum Gasteiger partial charge on any atom is -0.370 e. The minimum atomic E-state index is -0.286. The molecule has 4 nitrogen and oxygen atoms in total. The Morgan fingerprint density at radius 2 is 2.26 bits per heavy atom. The highest BCUT2D eigenvalue weighted by atomic mass is 16.5. The summed E-state index contributed by atoms with van der Waals surface area (Å²) in [6, 6.07) is 2.04. The summed E-state index contributed by atoms with van der Waals surface area (Å²) in [4.78, 5) is 9.38. The third-order valence-corrected chi connectivity index (χ3v) is 4.02. The van der Waals surface area contributed by atoms with Crippen LogP contribution in [0.2, 0.25) is 0 Å². The molecule has 2 atom stereocenters. The zero-order valence-electron chi connectivity index (χ0n) is 12.5. The Labute approximate surface area is 116 Å². The van der Waals surface area contributed by atoms with Crippen molar-refractivity contribution in [3.63, 3.8) is 0 Å². The van der Waals surface area contributed by atoms with E-state index in [9.17, 15) is 0 Å². The fraction of sp³-hybridized carbons (Fsp3) is 0.733. The van der Waals surface area contributed by atoms with Gasteiger partial charge in [-0.05, 0) is 45.2 Å². The lowest BCUT2D eigenvalue weighted by atomic mass is 9.78. The van der Waals surface area contributed by atoms with Crippen molar-refractivity contribution >= 4 is 0 Å². The zero-order chi connectivity index (χ0) is 13.9. The van der Waals surface area contributed by atoms with Crippen LogP contribution in [0.3, 0.4) is 0 Å². The van der Waals surface area contributed by atoms with Crippen LogP contribution in [0.25, 0.3) is 0 Å². The van der Waals surface area contributed by atoms with Gasteiger partial charge in [0.05, 0.1) is 5.69 Å². The molecule has 0 amide bonds. The Morgan fingerprint density at radius 1 is 1.47 bits per heavy atom. The lowest BCUT2D eigenvalue weighted by molar-refractivity contribution is -0.0648. The Bertz CT molecular complexity index is 435. The van der Waals surface area contributed by atoms with Crippen LogP contribution in [0.1, 0.15) is 49.8 Å². The van der Waals surface area contributed by atoms with E-state index in [-0.39, 0.29) is 5.60 Å². The van der Waals surface area contributed by atoms with Gasteiger partial charge in [0.2, 0.25) is 0 Å². The number of aryl methyl sites for hydroxylation is 1. The Hall–Kier alpha value is -1.00. The molecule has 1 aromatic rings. The number of hydrogen-bond acceptors (Lipinski definition) is 4. The van der Waals surface area contributed by atoms with Crippen LogP contribution in [-0.4, -0.2) is 24.1 Å². The summed E-state index contributed by atoms with van der Waals surface area (Å²) in [5, 5.41) is 3.15. The SMILES string of the molecule is CNCc1cc(C)nc(C2(OC)CCCC(C)C2)n1. The molecule has 0 radical (unpaired) electrons. The molecule has 0 aromatic carbocycles. The van der Waals surface area contributed by atoms with Crippen molar-refractivity contribution in [2.45, 2.75) is 51.7 Å². The fourth-order valence-electron chi connectivity index (χ4n) is 3.09. The van der Waals surface area contributed by atoms with Crippen LogP contribution in [0.5, 0.6) is 0 Å². The van der Waals surface area contributed by atoms with E-state index in [0.29, 0.717) is 5.92 Å². The standard InChI is InChI=1S/C15H25N3O/c1-11-6-5-7-15(9-11,19-4)14-17-12(2)8-13(18-14)10-16-3/h8,11,16H,5-7,9-10H2,1-4H3. The van der Waals surface area contributed by atoms with Crippen molar-refractivity contribution in [2.24, 2.45) is 5.92 Å². The molecule has 0 saturated heterocycles. The highest BCUT2D eigenvalue weighted by Crippen LogP contribution is 2.41. The van der Waals surface area contributed by atoms with Crippen molar-refractivity contribution in [1.29, 1.82) is 0 Å². The second-order valence-corrected chi connectivity index (χ2v) is 5.75. The molecule has 1 aromatic heterocycles. The van der Waals surface area contributed by atoms with Crippen LogP contribution in [0.4, 0.5) is 0 Å². The number of nitrogens with one attached hydrogen (secondary N) is 1. The Balaban J connectivity index is 2.36. The highest BCUT2D eigenvalue weighted by Gasteiger charge is 2.39. The minimum absolute atomic E-state index is 0.286. The molecular formula is C15H25N3O. The van der Waals surface area contributed by atoms with Gasteiger partial charge in [-0.25, -0.2) is 9.97 Å². The number of hydrogen-bond donors (Lipinski definition) is 1. The molecule has 0 bridgehead atoms. The van der Waals surface area contributed by atoms with Gasteiger partial charge in [0.15, 0.2) is 5.82 Å². The van der Waals surface area contributed by atoms with Crippen LogP contribution < -0.4 is 5.32 Å². The molecule has 1 fully saturated rings. The molecule has 106 valence electrons. The average Bonchev–Trinajstić information content (AvgIpc) is 2.38. The third-order valence-electron chi connectivity index (χ3n) is 4.02. The number of ether oxygens (including phenoxy) is 1. The lowest BCUT2D eigenvalue weighted by Gasteiger charge is -2.37. The molecule has 19 heavy (non-hydrogen) atoms. The van der Waals surface area contributed by atoms with E-state index in [1.807, 2.05) is 20.0 Å². The molecule has 1 N–H and O–H groups in total. The van der Waals surface area contributed by atoms with E-state index in [2.05, 4.69) is 17.2 Å². The van der Waals surface area contributed by atoms with Crippen LogP contribution in [-0.2, 0) is 16.9 Å². The summed E-state index contributed by atoms with van der Waals surface area (Å²) in [7, 11) is 3.73. The number of nitrogens with zero attached hydrogens (tertiary/aromatic N) is 2. The maximum absolute atomic E-state index is 5.88. The zero-order valence-corrected chi connectivity index (χ0v) is 12.5. The van der Waals surface area contributed by atoms with Gasteiger partial charge >= 0.3 is 0 Å². The topological polar surface area (TPSA) is 47.0 Å². The summed E-state index contributed by atoms with van der Waals surface area (Å²) in [5.41, 5.74) is 1.77. The predicted molar refractivity (Wildman–Crippen MR) is 75.9 cm³/mol. The highest BCUT2D eigenvalue weighted by molar-refractivity contribution is 5.15. The molecular weight excluding hydrogens is 238 g/mol. The monoisotopic (exact) mass is 263 g/mol. The van der Waals surface area contributed by atoms with E-state index in [4.69, 9.17) is 9.72 Å². The number of methoxy groups -OCH3 is 1. The summed E-state index contributed by atoms with van der Waals surface area (Å²) in [5.74, 6) is 1.54. The molecule has 0 spiro atoms. The summed E-state index contributed by atoms with van der Waals surface area (Å²) >= 11 is 0. The van der Waals surface area contributed by atoms with Crippen molar-refractivity contribution in [2.75, 3.05) is 14.2 Å². The van der Waals surface area contributed by atoms with E-state index in [1.54, 1.807) is 7.11 Å². The third kappa shape index (κ3) is 3.12. The molecule has 2 unspecified atom stereocenters. The Morgan fingerprint density at radius 3 is 2.89 bits per heavy atom. The fourth-order valence-corrected chi connectivity index (χ4v) is 3.09. The average molecular weight is 263 g/mol. The van der Waals surface area contributed by atoms with Gasteiger partial charge < -0.3 is 10.1 Å². The molecule has 1 aliphatic carbocycles. The molecule has 1 saturated carbocycles. The molecule has 4 heteroatoms. The molecule has 1 aliphatic rings. The first-order valence-electron chi connectivity index (χ1n) is 7.14. The summed E-state index contributed by atoms with van der Waals surface area (Å²) in [6.45, 7) is 5.09. The number of aromatic nitrogens is 2. The van der Waals surface area contributed by atoms with Crippen molar-refractivity contribution in [1.82, 2.24) is 15.3 Å². The van der Waals surface area contributed by atoms with E-state index in [1.165, 1.54) is 12.8 Å². The maximum atomic E-state index is 5.88. The van der Waals surface area contributed by atoms with E-state index < -0.39 is 0 Å². The summed E-state index contributed by atoms with van der Waals surface area (Å²) < 4.78 is 5.88. The molecule has 2 rings (SSSR count). The van der Waals surface area contributed by atoms with Crippen molar-refractivity contribution in [3.05, 3.63) is 23.3 Å². The van der Waals surface area contributed by atoms with Gasteiger partial charge in [-0.3, -0.25) is 0 Å². The van der Waals surface area contributed by atoms with Crippen LogP contribution in [0.15, 0.2) is 6.07 Å². The normalized spacial score (nSPS) is 27.5. The molecule has 1 heterocycles. The lowest BCUT2D eigenvalue weighted by Crippen LogP contribution is -2.36. The van der Waals surface area contributed by atoms with Gasteiger partial charge in [0.25, 0.3) is 0 Å². The van der Waals surface area contributed by atoms with Crippen LogP contribution >= 0.6 is 0 Å².